The van der Waals surface area contributed by atoms with Crippen LogP contribution in [0.4, 0.5) is 5.69 Å². The van der Waals surface area contributed by atoms with Crippen LogP contribution in [0.15, 0.2) is 66.7 Å². The lowest BCUT2D eigenvalue weighted by atomic mass is 10.1. The number of aryl methyl sites for hydroxylation is 2. The van der Waals surface area contributed by atoms with Crippen LogP contribution in [0.2, 0.25) is 0 Å². The third-order valence-corrected chi connectivity index (χ3v) is 8.03. The number of benzene rings is 3. The summed E-state index contributed by atoms with van der Waals surface area (Å²) in [6.07, 6.45) is 5.13. The predicted molar refractivity (Wildman–Crippen MR) is 150 cm³/mol. The van der Waals surface area contributed by atoms with Crippen LogP contribution < -0.4 is 9.62 Å². The number of nitrogens with one attached hydrogen (secondary N) is 1. The van der Waals surface area contributed by atoms with Crippen LogP contribution in [0.3, 0.4) is 0 Å². The van der Waals surface area contributed by atoms with Crippen molar-refractivity contribution in [3.05, 3.63) is 100 Å². The third-order valence-electron chi connectivity index (χ3n) is 6.91. The molecule has 0 unspecified atom stereocenters. The molecule has 6 nitrogen and oxygen atoms in total. The molecule has 0 aliphatic carbocycles. The van der Waals surface area contributed by atoms with E-state index in [4.69, 9.17) is 0 Å². The summed E-state index contributed by atoms with van der Waals surface area (Å²) in [5.41, 5.74) is 6.28. The molecule has 0 aromatic heterocycles. The van der Waals surface area contributed by atoms with Crippen molar-refractivity contribution in [3.8, 4) is 0 Å². The Bertz CT molecular complexity index is 1310. The van der Waals surface area contributed by atoms with E-state index in [-0.39, 0.29) is 12.5 Å². The molecule has 196 valence electrons. The summed E-state index contributed by atoms with van der Waals surface area (Å²) < 4.78 is 26.6. The highest BCUT2D eigenvalue weighted by Gasteiger charge is 2.20. The number of hydrogen-bond acceptors (Lipinski definition) is 4. The maximum Gasteiger partial charge on any atom is 0.251 e. The van der Waals surface area contributed by atoms with E-state index in [9.17, 15) is 13.2 Å². The first kappa shape index (κ1) is 26.9. The lowest BCUT2D eigenvalue weighted by molar-refractivity contribution is 0.0951. The lowest BCUT2D eigenvalue weighted by Gasteiger charge is -2.26. The standard InChI is InChI=1S/C30H37N3O3S/c1-23-7-8-24(2)29(19-23)33(37(3,35)36)22-27-13-15-28(16-14-27)30(34)31-20-25-9-11-26(12-10-25)21-32-17-5-4-6-18-32/h7-16,19H,4-6,17-18,20-22H2,1-3H3,(H,31,34). The van der Waals surface area contributed by atoms with Gasteiger partial charge in [-0.2, -0.15) is 0 Å². The fourth-order valence-electron chi connectivity index (χ4n) is 4.72. The van der Waals surface area contributed by atoms with E-state index in [1.54, 1.807) is 12.1 Å². The van der Waals surface area contributed by atoms with Crippen LogP contribution >= 0.6 is 0 Å². The number of likely N-dealkylation sites (tertiary alicyclic amines) is 1. The molecule has 7 heteroatoms. The summed E-state index contributed by atoms with van der Waals surface area (Å²) in [5, 5.41) is 2.98. The van der Waals surface area contributed by atoms with Gasteiger partial charge in [-0.25, -0.2) is 8.42 Å². The van der Waals surface area contributed by atoms with Crippen LogP contribution in [0.5, 0.6) is 0 Å². The van der Waals surface area contributed by atoms with E-state index in [0.29, 0.717) is 17.8 Å². The molecule has 3 aromatic rings. The number of piperidine rings is 1. The second-order valence-corrected chi connectivity index (χ2v) is 12.0. The highest BCUT2D eigenvalue weighted by atomic mass is 32.2. The molecule has 1 amide bonds. The second-order valence-electron chi connectivity index (χ2n) is 10.1. The largest absolute Gasteiger partial charge is 0.348 e. The SMILES string of the molecule is Cc1ccc(C)c(N(Cc2ccc(C(=O)NCc3ccc(CN4CCCCC4)cc3)cc2)S(C)(=O)=O)c1. The Kier molecular flexibility index (Phi) is 8.67. The van der Waals surface area contributed by atoms with E-state index in [1.165, 1.54) is 48.5 Å². The molecule has 0 saturated carbocycles. The van der Waals surface area contributed by atoms with Crippen molar-refractivity contribution in [2.75, 3.05) is 23.7 Å². The fourth-order valence-corrected chi connectivity index (χ4v) is 5.66. The number of nitrogens with zero attached hydrogens (tertiary/aromatic N) is 2. The highest BCUT2D eigenvalue weighted by molar-refractivity contribution is 7.92. The van der Waals surface area contributed by atoms with Gasteiger partial charge in [0.15, 0.2) is 0 Å². The van der Waals surface area contributed by atoms with Crippen LogP contribution in [-0.2, 0) is 29.7 Å². The maximum absolute atomic E-state index is 12.7. The van der Waals surface area contributed by atoms with Crippen molar-refractivity contribution in [2.24, 2.45) is 0 Å². The van der Waals surface area contributed by atoms with E-state index in [2.05, 4.69) is 34.5 Å². The number of carbonyl (C=O) groups is 1. The first-order valence-electron chi connectivity index (χ1n) is 12.9. The normalized spacial score (nSPS) is 14.4. The molecule has 37 heavy (non-hydrogen) atoms. The molecule has 0 radical (unpaired) electrons. The first-order valence-corrected chi connectivity index (χ1v) is 14.8. The van der Waals surface area contributed by atoms with Gasteiger partial charge in [0.1, 0.15) is 0 Å². The Hall–Kier alpha value is -3.16. The Morgan fingerprint density at radius 3 is 2.14 bits per heavy atom. The van der Waals surface area contributed by atoms with Gasteiger partial charge in [-0.1, -0.05) is 55.0 Å². The summed E-state index contributed by atoms with van der Waals surface area (Å²) >= 11 is 0. The van der Waals surface area contributed by atoms with Crippen molar-refractivity contribution in [2.45, 2.75) is 52.7 Å². The van der Waals surface area contributed by atoms with Gasteiger partial charge in [0.25, 0.3) is 5.91 Å². The molecule has 0 atom stereocenters. The second kappa shape index (κ2) is 11.9. The molecular formula is C30H37N3O3S. The van der Waals surface area contributed by atoms with Gasteiger partial charge in [-0.05, 0) is 85.8 Å². The zero-order valence-electron chi connectivity index (χ0n) is 22.0. The minimum Gasteiger partial charge on any atom is -0.348 e. The number of rotatable bonds is 9. The number of carbonyl (C=O) groups excluding carboxylic acids is 1. The average molecular weight is 520 g/mol. The molecule has 1 aliphatic heterocycles. The zero-order valence-corrected chi connectivity index (χ0v) is 22.9. The Morgan fingerprint density at radius 2 is 1.49 bits per heavy atom. The fraction of sp³-hybridized carbons (Fsp3) is 0.367. The number of sulfonamides is 1. The Labute approximate surface area is 221 Å². The van der Waals surface area contributed by atoms with Crippen LogP contribution in [-0.4, -0.2) is 38.6 Å². The topological polar surface area (TPSA) is 69.7 Å². The van der Waals surface area contributed by atoms with E-state index < -0.39 is 10.0 Å². The predicted octanol–water partition coefficient (Wildman–Crippen LogP) is 5.19. The van der Waals surface area contributed by atoms with Crippen molar-refractivity contribution >= 4 is 21.6 Å². The van der Waals surface area contributed by atoms with E-state index >= 15 is 0 Å². The Morgan fingerprint density at radius 1 is 0.865 bits per heavy atom. The van der Waals surface area contributed by atoms with Gasteiger partial charge in [-0.3, -0.25) is 14.0 Å². The summed E-state index contributed by atoms with van der Waals surface area (Å²) in [6, 6.07) is 21.4. The number of amides is 1. The Balaban J connectivity index is 1.35. The van der Waals surface area contributed by atoms with Gasteiger partial charge < -0.3 is 5.32 Å². The van der Waals surface area contributed by atoms with Gasteiger partial charge >= 0.3 is 0 Å². The van der Waals surface area contributed by atoms with Crippen molar-refractivity contribution in [1.82, 2.24) is 10.2 Å². The lowest BCUT2D eigenvalue weighted by Crippen LogP contribution is -2.30. The van der Waals surface area contributed by atoms with Crippen molar-refractivity contribution in [1.29, 1.82) is 0 Å². The molecule has 1 heterocycles. The van der Waals surface area contributed by atoms with Crippen molar-refractivity contribution in [3.63, 3.8) is 0 Å². The van der Waals surface area contributed by atoms with E-state index in [1.807, 2.05) is 44.2 Å². The maximum atomic E-state index is 12.7. The minimum absolute atomic E-state index is 0.154. The van der Waals surface area contributed by atoms with Crippen LogP contribution in [0, 0.1) is 13.8 Å². The molecule has 0 bridgehead atoms. The molecule has 3 aromatic carbocycles. The van der Waals surface area contributed by atoms with Crippen LogP contribution in [0.25, 0.3) is 0 Å². The number of anilines is 1. The average Bonchev–Trinajstić information content (AvgIpc) is 2.88. The summed E-state index contributed by atoms with van der Waals surface area (Å²) in [5.74, 6) is -0.154. The molecule has 1 saturated heterocycles. The minimum atomic E-state index is -3.48. The molecule has 1 N–H and O–H groups in total. The number of hydrogen-bond donors (Lipinski definition) is 1. The molecule has 1 fully saturated rings. The molecule has 4 rings (SSSR count). The zero-order chi connectivity index (χ0) is 26.4. The summed E-state index contributed by atoms with van der Waals surface area (Å²) in [6.45, 7) is 7.85. The molecule has 0 spiro atoms. The van der Waals surface area contributed by atoms with Crippen LogP contribution in [0.1, 0.15) is 57.4 Å². The van der Waals surface area contributed by atoms with Gasteiger partial charge in [0, 0.05) is 18.7 Å². The summed E-state index contributed by atoms with van der Waals surface area (Å²) in [7, 11) is -3.48. The van der Waals surface area contributed by atoms with Gasteiger partial charge in [0.2, 0.25) is 10.0 Å². The van der Waals surface area contributed by atoms with E-state index in [0.717, 1.165) is 28.8 Å². The third kappa shape index (κ3) is 7.43. The van der Waals surface area contributed by atoms with Crippen molar-refractivity contribution < 1.29 is 13.2 Å². The monoisotopic (exact) mass is 519 g/mol. The van der Waals surface area contributed by atoms with Gasteiger partial charge in [-0.15, -0.1) is 0 Å². The molecule has 1 aliphatic rings. The quantitative estimate of drug-likeness (QED) is 0.423. The molecular weight excluding hydrogens is 482 g/mol. The summed E-state index contributed by atoms with van der Waals surface area (Å²) in [4.78, 5) is 15.2. The highest BCUT2D eigenvalue weighted by Crippen LogP contribution is 2.26. The van der Waals surface area contributed by atoms with Gasteiger partial charge in [0.05, 0.1) is 18.5 Å². The smallest absolute Gasteiger partial charge is 0.251 e. The first-order chi connectivity index (χ1) is 17.7.